The van der Waals surface area contributed by atoms with Crippen molar-refractivity contribution in [3.05, 3.63) is 139 Å². The quantitative estimate of drug-likeness (QED) is 0.216. The molecular weight excluding hydrogens is 522 g/mol. The van der Waals surface area contributed by atoms with E-state index < -0.39 is 0 Å². The molecule has 2 nitrogen and oxygen atoms in total. The lowest BCUT2D eigenvalue weighted by Gasteiger charge is -2.37. The van der Waals surface area contributed by atoms with Crippen LogP contribution in [0.3, 0.4) is 0 Å². The zero-order valence-corrected chi connectivity index (χ0v) is 24.0. The lowest BCUT2D eigenvalue weighted by Crippen LogP contribution is -2.32. The lowest BCUT2D eigenvalue weighted by atomic mass is 9.67. The van der Waals surface area contributed by atoms with Crippen LogP contribution in [0.5, 0.6) is 0 Å². The molecule has 2 saturated carbocycles. The molecule has 3 atom stereocenters. The van der Waals surface area contributed by atoms with E-state index >= 15 is 0 Å². The van der Waals surface area contributed by atoms with Crippen LogP contribution in [0.1, 0.15) is 36.8 Å². The second kappa shape index (κ2) is 8.61. The van der Waals surface area contributed by atoms with E-state index in [0.717, 1.165) is 39.5 Å². The number of anilines is 3. The fourth-order valence-electron chi connectivity index (χ4n) is 9.13. The third kappa shape index (κ3) is 3.24. The molecule has 206 valence electrons. The summed E-state index contributed by atoms with van der Waals surface area (Å²) in [4.78, 5) is 2.46. The van der Waals surface area contributed by atoms with E-state index in [1.807, 2.05) is 6.07 Å². The van der Waals surface area contributed by atoms with Gasteiger partial charge >= 0.3 is 0 Å². The van der Waals surface area contributed by atoms with Crippen molar-refractivity contribution in [3.8, 4) is 11.1 Å². The summed E-state index contributed by atoms with van der Waals surface area (Å²) in [5, 5.41) is 4.81. The zero-order valence-electron chi connectivity index (χ0n) is 24.0. The minimum atomic E-state index is 0.143. The molecule has 1 spiro atoms. The van der Waals surface area contributed by atoms with E-state index in [0.29, 0.717) is 0 Å². The van der Waals surface area contributed by atoms with E-state index in [2.05, 4.69) is 126 Å². The molecule has 7 aromatic rings. The molecule has 2 bridgehead atoms. The average molecular weight is 554 g/mol. The van der Waals surface area contributed by atoms with Crippen molar-refractivity contribution < 1.29 is 4.42 Å². The van der Waals surface area contributed by atoms with Gasteiger partial charge < -0.3 is 9.32 Å². The number of fused-ring (bicyclic) bond motifs is 12. The Bertz CT molecular complexity index is 2240. The van der Waals surface area contributed by atoms with Crippen molar-refractivity contribution in [1.82, 2.24) is 0 Å². The highest BCUT2D eigenvalue weighted by molar-refractivity contribution is 6.06. The Morgan fingerprint density at radius 1 is 0.558 bits per heavy atom. The molecule has 3 aliphatic rings. The molecule has 2 fully saturated rings. The summed E-state index contributed by atoms with van der Waals surface area (Å²) in [6, 6.07) is 47.1. The standard InChI is InChI=1S/C41H31NO/c1-2-8-28-22-30(16-14-27(28)7-1)42(31-18-20-40-36(23-31)35-10-4-6-12-39(35)43-40)32-17-19-34-33-9-3-5-11-37(33)41(38(34)24-32)25-26-13-15-29(41)21-26/h1-12,14,16-20,22-24,26,29H,13,15,21,25H2. The van der Waals surface area contributed by atoms with Gasteiger partial charge in [0.2, 0.25) is 0 Å². The van der Waals surface area contributed by atoms with Crippen LogP contribution in [0.4, 0.5) is 17.1 Å². The number of rotatable bonds is 3. The second-order valence-corrected chi connectivity index (χ2v) is 13.0. The predicted molar refractivity (Wildman–Crippen MR) is 178 cm³/mol. The smallest absolute Gasteiger partial charge is 0.135 e. The van der Waals surface area contributed by atoms with Crippen molar-refractivity contribution >= 4 is 49.8 Å². The average Bonchev–Trinajstić information content (AvgIpc) is 3.83. The summed E-state index contributed by atoms with van der Waals surface area (Å²) in [6.45, 7) is 0. The van der Waals surface area contributed by atoms with Crippen molar-refractivity contribution in [2.45, 2.75) is 31.1 Å². The number of benzene rings is 6. The molecule has 3 unspecified atom stereocenters. The van der Waals surface area contributed by atoms with Crippen molar-refractivity contribution in [2.24, 2.45) is 11.8 Å². The zero-order chi connectivity index (χ0) is 28.1. The number of hydrogen-bond donors (Lipinski definition) is 0. The van der Waals surface area contributed by atoms with Gasteiger partial charge in [-0.05, 0) is 113 Å². The first kappa shape index (κ1) is 23.7. The molecule has 0 aliphatic heterocycles. The van der Waals surface area contributed by atoms with Crippen molar-refractivity contribution in [1.29, 1.82) is 0 Å². The van der Waals surface area contributed by atoms with Crippen LogP contribution < -0.4 is 4.90 Å². The molecule has 6 aromatic carbocycles. The van der Waals surface area contributed by atoms with Crippen molar-refractivity contribution in [2.75, 3.05) is 4.90 Å². The van der Waals surface area contributed by atoms with E-state index in [4.69, 9.17) is 4.42 Å². The Labute approximate surface area is 251 Å². The van der Waals surface area contributed by atoms with Gasteiger partial charge in [0.25, 0.3) is 0 Å². The Morgan fingerprint density at radius 2 is 1.28 bits per heavy atom. The monoisotopic (exact) mass is 553 g/mol. The molecule has 1 aromatic heterocycles. The fraction of sp³-hybridized carbons (Fsp3) is 0.171. The molecule has 0 amide bonds. The summed E-state index contributed by atoms with van der Waals surface area (Å²) in [5.74, 6) is 1.58. The Balaban J connectivity index is 1.21. The van der Waals surface area contributed by atoms with Crippen LogP contribution >= 0.6 is 0 Å². The van der Waals surface area contributed by atoms with Gasteiger partial charge in [-0.3, -0.25) is 0 Å². The van der Waals surface area contributed by atoms with Crippen LogP contribution in [-0.2, 0) is 5.41 Å². The SMILES string of the molecule is c1ccc2c(c1)-c1ccc(N(c3ccc4ccccc4c3)c3ccc4oc5ccccc5c4c3)cc1C21CC2CCC1C2. The molecule has 43 heavy (non-hydrogen) atoms. The van der Waals surface area contributed by atoms with Gasteiger partial charge in [0, 0.05) is 33.2 Å². The molecule has 1 heterocycles. The normalized spacial score (nSPS) is 21.7. The fourth-order valence-corrected chi connectivity index (χ4v) is 9.13. The number of furan rings is 1. The summed E-state index contributed by atoms with van der Waals surface area (Å²) >= 11 is 0. The van der Waals surface area contributed by atoms with Crippen LogP contribution in [0.15, 0.2) is 132 Å². The molecule has 0 radical (unpaired) electrons. The van der Waals surface area contributed by atoms with Gasteiger partial charge in [0.05, 0.1) is 0 Å². The van der Waals surface area contributed by atoms with Crippen LogP contribution in [-0.4, -0.2) is 0 Å². The van der Waals surface area contributed by atoms with E-state index in [9.17, 15) is 0 Å². The van der Waals surface area contributed by atoms with Crippen LogP contribution in [0, 0.1) is 11.8 Å². The maximum atomic E-state index is 6.23. The van der Waals surface area contributed by atoms with Crippen molar-refractivity contribution in [3.63, 3.8) is 0 Å². The highest BCUT2D eigenvalue weighted by Crippen LogP contribution is 2.66. The third-order valence-corrected chi connectivity index (χ3v) is 10.9. The Kier molecular flexibility index (Phi) is 4.75. The molecule has 0 saturated heterocycles. The third-order valence-electron chi connectivity index (χ3n) is 10.9. The first-order chi connectivity index (χ1) is 21.3. The van der Waals surface area contributed by atoms with Gasteiger partial charge in [-0.25, -0.2) is 0 Å². The first-order valence-corrected chi connectivity index (χ1v) is 15.7. The summed E-state index contributed by atoms with van der Waals surface area (Å²) in [7, 11) is 0. The van der Waals surface area contributed by atoms with Crippen LogP contribution in [0.25, 0.3) is 43.8 Å². The maximum Gasteiger partial charge on any atom is 0.135 e. The van der Waals surface area contributed by atoms with E-state index in [1.54, 1.807) is 11.1 Å². The molecule has 0 N–H and O–H groups in total. The second-order valence-electron chi connectivity index (χ2n) is 13.0. The number of nitrogens with zero attached hydrogens (tertiary/aromatic N) is 1. The molecule has 3 aliphatic carbocycles. The summed E-state index contributed by atoms with van der Waals surface area (Å²) in [6.07, 6.45) is 5.40. The highest BCUT2D eigenvalue weighted by atomic mass is 16.3. The first-order valence-electron chi connectivity index (χ1n) is 15.7. The summed E-state index contributed by atoms with van der Waals surface area (Å²) < 4.78 is 6.23. The predicted octanol–water partition coefficient (Wildman–Crippen LogP) is 11.3. The van der Waals surface area contributed by atoms with Gasteiger partial charge in [-0.1, -0.05) is 85.3 Å². The Morgan fingerprint density at radius 3 is 2.19 bits per heavy atom. The minimum absolute atomic E-state index is 0.143. The van der Waals surface area contributed by atoms with Gasteiger partial charge in [-0.15, -0.1) is 0 Å². The van der Waals surface area contributed by atoms with Gasteiger partial charge in [0.1, 0.15) is 11.2 Å². The number of para-hydroxylation sites is 1. The molecular formula is C41H31NO. The van der Waals surface area contributed by atoms with E-state index in [-0.39, 0.29) is 5.41 Å². The highest BCUT2D eigenvalue weighted by Gasteiger charge is 2.56. The van der Waals surface area contributed by atoms with Crippen LogP contribution in [0.2, 0.25) is 0 Å². The Hall–Kier alpha value is -4.82. The topological polar surface area (TPSA) is 16.4 Å². The maximum absolute atomic E-state index is 6.23. The van der Waals surface area contributed by atoms with Gasteiger partial charge in [-0.2, -0.15) is 0 Å². The lowest BCUT2D eigenvalue weighted by molar-refractivity contribution is 0.327. The summed E-state index contributed by atoms with van der Waals surface area (Å²) in [5.41, 5.74) is 11.5. The molecule has 2 heteroatoms. The molecule has 10 rings (SSSR count). The minimum Gasteiger partial charge on any atom is -0.456 e. The largest absolute Gasteiger partial charge is 0.456 e. The van der Waals surface area contributed by atoms with E-state index in [1.165, 1.54) is 59.0 Å². The number of hydrogen-bond acceptors (Lipinski definition) is 2. The van der Waals surface area contributed by atoms with Gasteiger partial charge in [0.15, 0.2) is 0 Å².